The van der Waals surface area contributed by atoms with Crippen molar-refractivity contribution >= 4 is 25.0 Å². The van der Waals surface area contributed by atoms with Crippen molar-refractivity contribution in [3.05, 3.63) is 29.8 Å². The van der Waals surface area contributed by atoms with E-state index in [0.29, 0.717) is 5.46 Å². The van der Waals surface area contributed by atoms with Gasteiger partial charge in [0, 0.05) is 32.7 Å². The predicted octanol–water partition coefficient (Wildman–Crippen LogP) is -0.807. The molecule has 0 aromatic heterocycles. The molecular weight excluding hydrogens is 238 g/mol. The van der Waals surface area contributed by atoms with Crippen molar-refractivity contribution in [3.8, 4) is 0 Å². The minimum absolute atomic E-state index is 0. The highest BCUT2D eigenvalue weighted by Gasteiger charge is 2.12. The van der Waals surface area contributed by atoms with Crippen molar-refractivity contribution in [2.45, 2.75) is 6.54 Å². The van der Waals surface area contributed by atoms with Crippen LogP contribution in [0.5, 0.6) is 0 Å². The average Bonchev–Trinajstić information content (AvgIpc) is 2.31. The smallest absolute Gasteiger partial charge is 0.423 e. The summed E-state index contributed by atoms with van der Waals surface area (Å²) in [6, 6.07) is 7.44. The monoisotopic (exact) mass is 256 g/mol. The number of nitrogens with one attached hydrogen (secondary N) is 1. The number of hydrogen-bond acceptors (Lipinski definition) is 4. The third-order valence-corrected chi connectivity index (χ3v) is 2.89. The Hall–Kier alpha value is -0.585. The van der Waals surface area contributed by atoms with E-state index in [9.17, 15) is 0 Å². The zero-order valence-corrected chi connectivity index (χ0v) is 10.5. The van der Waals surface area contributed by atoms with Gasteiger partial charge in [0.05, 0.1) is 0 Å². The van der Waals surface area contributed by atoms with Gasteiger partial charge in [0.2, 0.25) is 0 Å². The molecule has 0 bridgehead atoms. The maximum absolute atomic E-state index is 8.97. The molecule has 1 saturated heterocycles. The lowest BCUT2D eigenvalue weighted by molar-refractivity contribution is 0.233. The molecule has 1 aliphatic heterocycles. The van der Waals surface area contributed by atoms with Gasteiger partial charge in [-0.15, -0.1) is 12.4 Å². The van der Waals surface area contributed by atoms with Crippen LogP contribution in [0.1, 0.15) is 5.56 Å². The first-order valence-corrected chi connectivity index (χ1v) is 5.64. The van der Waals surface area contributed by atoms with Gasteiger partial charge in [-0.25, -0.2) is 0 Å². The normalized spacial score (nSPS) is 16.4. The van der Waals surface area contributed by atoms with Crippen LogP contribution in [0.15, 0.2) is 24.3 Å². The molecule has 0 atom stereocenters. The minimum Gasteiger partial charge on any atom is -0.423 e. The van der Waals surface area contributed by atoms with E-state index in [1.54, 1.807) is 12.1 Å². The average molecular weight is 257 g/mol. The van der Waals surface area contributed by atoms with Crippen molar-refractivity contribution in [1.82, 2.24) is 10.2 Å². The van der Waals surface area contributed by atoms with Crippen LogP contribution < -0.4 is 10.8 Å². The SMILES string of the molecule is Cl.OB(O)c1ccc(CN2CCNCC2)cc1. The number of rotatable bonds is 3. The van der Waals surface area contributed by atoms with Crippen molar-refractivity contribution in [2.75, 3.05) is 26.2 Å². The van der Waals surface area contributed by atoms with Gasteiger partial charge >= 0.3 is 7.12 Å². The van der Waals surface area contributed by atoms with Gasteiger partial charge in [0.15, 0.2) is 0 Å². The molecule has 0 aliphatic carbocycles. The molecule has 94 valence electrons. The molecule has 0 spiro atoms. The summed E-state index contributed by atoms with van der Waals surface area (Å²) in [6.45, 7) is 5.18. The summed E-state index contributed by atoms with van der Waals surface area (Å²) >= 11 is 0. The molecule has 1 aliphatic rings. The fraction of sp³-hybridized carbons (Fsp3) is 0.455. The summed E-state index contributed by atoms with van der Waals surface area (Å²) < 4.78 is 0. The van der Waals surface area contributed by atoms with E-state index < -0.39 is 7.12 Å². The Bertz CT molecular complexity index is 329. The summed E-state index contributed by atoms with van der Waals surface area (Å²) in [6.07, 6.45) is 0. The second-order valence-electron chi connectivity index (χ2n) is 4.14. The van der Waals surface area contributed by atoms with E-state index in [1.165, 1.54) is 5.56 Å². The second kappa shape index (κ2) is 6.98. The van der Waals surface area contributed by atoms with E-state index >= 15 is 0 Å². The Labute approximate surface area is 108 Å². The summed E-state index contributed by atoms with van der Waals surface area (Å²) in [5.41, 5.74) is 1.76. The number of nitrogens with zero attached hydrogens (tertiary/aromatic N) is 1. The Morgan fingerprint density at radius 2 is 1.71 bits per heavy atom. The number of benzene rings is 1. The molecule has 0 amide bonds. The van der Waals surface area contributed by atoms with Crippen LogP contribution in [0, 0.1) is 0 Å². The summed E-state index contributed by atoms with van der Waals surface area (Å²) in [4.78, 5) is 2.39. The molecule has 2 rings (SSSR count). The molecule has 0 radical (unpaired) electrons. The van der Waals surface area contributed by atoms with Gasteiger partial charge in [-0.3, -0.25) is 4.90 Å². The third kappa shape index (κ3) is 4.29. The van der Waals surface area contributed by atoms with Crippen molar-refractivity contribution < 1.29 is 10.0 Å². The van der Waals surface area contributed by atoms with Crippen LogP contribution in [-0.4, -0.2) is 48.2 Å². The van der Waals surface area contributed by atoms with Crippen LogP contribution >= 0.6 is 12.4 Å². The van der Waals surface area contributed by atoms with E-state index in [2.05, 4.69) is 10.2 Å². The van der Waals surface area contributed by atoms with Gasteiger partial charge in [-0.1, -0.05) is 24.3 Å². The fourth-order valence-corrected chi connectivity index (χ4v) is 1.92. The topological polar surface area (TPSA) is 55.7 Å². The molecule has 1 aromatic carbocycles. The summed E-state index contributed by atoms with van der Waals surface area (Å²) in [5, 5.41) is 21.3. The van der Waals surface area contributed by atoms with Gasteiger partial charge < -0.3 is 15.4 Å². The molecule has 0 unspecified atom stereocenters. The van der Waals surface area contributed by atoms with Crippen LogP contribution in [0.25, 0.3) is 0 Å². The molecule has 4 nitrogen and oxygen atoms in total. The highest BCUT2D eigenvalue weighted by Crippen LogP contribution is 2.04. The Kier molecular flexibility index (Phi) is 5.95. The maximum Gasteiger partial charge on any atom is 0.488 e. The zero-order chi connectivity index (χ0) is 11.4. The summed E-state index contributed by atoms with van der Waals surface area (Å²) in [5.74, 6) is 0. The van der Waals surface area contributed by atoms with Crippen LogP contribution in [-0.2, 0) is 6.54 Å². The third-order valence-electron chi connectivity index (χ3n) is 2.89. The standard InChI is InChI=1S/C11H17BN2O2.ClH/c15-12(16)11-3-1-10(2-4-11)9-14-7-5-13-6-8-14;/h1-4,13,15-16H,5-9H2;1H. The quantitative estimate of drug-likeness (QED) is 0.620. The Morgan fingerprint density at radius 1 is 1.12 bits per heavy atom. The second-order valence-corrected chi connectivity index (χ2v) is 4.14. The Morgan fingerprint density at radius 3 is 2.24 bits per heavy atom. The highest BCUT2D eigenvalue weighted by atomic mass is 35.5. The molecule has 3 N–H and O–H groups in total. The van der Waals surface area contributed by atoms with Crippen molar-refractivity contribution in [1.29, 1.82) is 0 Å². The van der Waals surface area contributed by atoms with E-state index in [1.807, 2.05) is 12.1 Å². The van der Waals surface area contributed by atoms with Crippen LogP contribution in [0.2, 0.25) is 0 Å². The van der Waals surface area contributed by atoms with Gasteiger partial charge in [-0.2, -0.15) is 0 Å². The first kappa shape index (κ1) is 14.5. The van der Waals surface area contributed by atoms with E-state index in [-0.39, 0.29) is 12.4 Å². The zero-order valence-electron chi connectivity index (χ0n) is 9.67. The van der Waals surface area contributed by atoms with Crippen LogP contribution in [0.3, 0.4) is 0 Å². The minimum atomic E-state index is -1.37. The summed E-state index contributed by atoms with van der Waals surface area (Å²) in [7, 11) is -1.37. The van der Waals surface area contributed by atoms with Crippen molar-refractivity contribution in [2.24, 2.45) is 0 Å². The first-order valence-electron chi connectivity index (χ1n) is 5.64. The Balaban J connectivity index is 0.00000144. The lowest BCUT2D eigenvalue weighted by atomic mass is 9.80. The van der Waals surface area contributed by atoms with Gasteiger partial charge in [-0.05, 0) is 11.0 Å². The molecule has 1 aromatic rings. The van der Waals surface area contributed by atoms with E-state index in [4.69, 9.17) is 10.0 Å². The molecular formula is C11H18BClN2O2. The largest absolute Gasteiger partial charge is 0.488 e. The number of piperazine rings is 1. The maximum atomic E-state index is 8.97. The number of hydrogen-bond donors (Lipinski definition) is 3. The molecule has 1 heterocycles. The van der Waals surface area contributed by atoms with Crippen molar-refractivity contribution in [3.63, 3.8) is 0 Å². The van der Waals surface area contributed by atoms with Crippen LogP contribution in [0.4, 0.5) is 0 Å². The van der Waals surface area contributed by atoms with Gasteiger partial charge in [0.25, 0.3) is 0 Å². The predicted molar refractivity (Wildman–Crippen MR) is 71.7 cm³/mol. The first-order chi connectivity index (χ1) is 7.75. The van der Waals surface area contributed by atoms with E-state index in [0.717, 1.165) is 32.7 Å². The molecule has 1 fully saturated rings. The number of halogens is 1. The fourth-order valence-electron chi connectivity index (χ4n) is 1.92. The molecule has 6 heteroatoms. The molecule has 17 heavy (non-hydrogen) atoms. The lowest BCUT2D eigenvalue weighted by Crippen LogP contribution is -2.42. The van der Waals surface area contributed by atoms with Gasteiger partial charge in [0.1, 0.15) is 0 Å². The highest BCUT2D eigenvalue weighted by molar-refractivity contribution is 6.58. The molecule has 0 saturated carbocycles. The lowest BCUT2D eigenvalue weighted by Gasteiger charge is -2.27.